The monoisotopic (exact) mass is 229 g/mol. The van der Waals surface area contributed by atoms with E-state index < -0.39 is 0 Å². The first-order chi connectivity index (χ1) is 6.68. The Kier molecular flexibility index (Phi) is 6.96. The Bertz CT molecular complexity index is 349. The predicted octanol–water partition coefficient (Wildman–Crippen LogP) is 0.614. The summed E-state index contributed by atoms with van der Waals surface area (Å²) in [5.41, 5.74) is 2.96. The summed E-state index contributed by atoms with van der Waals surface area (Å²) in [5.74, 6) is -0.0683. The van der Waals surface area contributed by atoms with Gasteiger partial charge in [-0.2, -0.15) is 0 Å². The molecule has 1 amide bonds. The van der Waals surface area contributed by atoms with Gasteiger partial charge in [0.2, 0.25) is 0 Å². The number of benzene rings is 1. The van der Waals surface area contributed by atoms with E-state index in [0.29, 0.717) is 0 Å². The summed E-state index contributed by atoms with van der Waals surface area (Å²) in [6, 6.07) is 5.96. The standard InChI is InChI=1S/C10H11NO.C2H6.K/c1-6-3-4-8-7(2)11-10(12)9(8)5-6;1-2;/h3-5,7H,1-2H3,(H,11,12);1-2H3;/q;;+1/p-1. The Morgan fingerprint density at radius 2 is 1.87 bits per heavy atom. The van der Waals surface area contributed by atoms with Gasteiger partial charge < -0.3 is 10.1 Å². The van der Waals surface area contributed by atoms with Gasteiger partial charge >= 0.3 is 51.4 Å². The normalized spacial score (nSPS) is 16.8. The molecule has 0 aromatic heterocycles. The molecule has 0 aliphatic carbocycles. The van der Waals surface area contributed by atoms with E-state index >= 15 is 0 Å². The zero-order chi connectivity index (χ0) is 10.7. The van der Waals surface area contributed by atoms with Gasteiger partial charge in [-0.15, -0.1) is 0 Å². The van der Waals surface area contributed by atoms with Gasteiger partial charge in [-0.25, -0.2) is 0 Å². The fourth-order valence-electron chi connectivity index (χ4n) is 1.53. The second-order valence-corrected chi connectivity index (χ2v) is 3.20. The molecule has 2 nitrogen and oxygen atoms in total. The van der Waals surface area contributed by atoms with Crippen molar-refractivity contribution in [3.05, 3.63) is 40.2 Å². The molecule has 3 heteroatoms. The molecule has 1 atom stereocenters. The van der Waals surface area contributed by atoms with Gasteiger partial charge in [0, 0.05) is 5.56 Å². The molecular weight excluding hydrogens is 213 g/mol. The van der Waals surface area contributed by atoms with Gasteiger partial charge in [0.15, 0.2) is 0 Å². The van der Waals surface area contributed by atoms with Crippen molar-refractivity contribution in [2.45, 2.75) is 33.7 Å². The molecule has 0 bridgehead atoms. The minimum Gasteiger partial charge on any atom is -0.643 e. The molecule has 1 heterocycles. The Labute approximate surface area is 134 Å². The first kappa shape index (κ1) is 15.3. The number of nitrogens with zero attached hydrogens (tertiary/aromatic N) is 1. The maximum absolute atomic E-state index is 11.3. The summed E-state index contributed by atoms with van der Waals surface area (Å²) in [6.07, 6.45) is 0. The number of rotatable bonds is 0. The summed E-state index contributed by atoms with van der Waals surface area (Å²) in [6.45, 7) is 7.93. The zero-order valence-electron chi connectivity index (χ0n) is 10.2. The average Bonchev–Trinajstić information content (AvgIpc) is 2.46. The molecule has 2 rings (SSSR count). The summed E-state index contributed by atoms with van der Waals surface area (Å²) < 4.78 is 0. The Morgan fingerprint density at radius 1 is 1.27 bits per heavy atom. The summed E-state index contributed by atoms with van der Waals surface area (Å²) in [7, 11) is 0. The first-order valence-corrected chi connectivity index (χ1v) is 5.04. The van der Waals surface area contributed by atoms with E-state index in [9.17, 15) is 4.79 Å². The number of hydrogen-bond acceptors (Lipinski definition) is 1. The third-order valence-electron chi connectivity index (χ3n) is 2.20. The molecular formula is C12H16KNO. The van der Waals surface area contributed by atoms with Gasteiger partial charge in [-0.3, -0.25) is 0 Å². The second-order valence-electron chi connectivity index (χ2n) is 3.20. The first-order valence-electron chi connectivity index (χ1n) is 5.04. The minimum absolute atomic E-state index is 0. The second kappa shape index (κ2) is 6.81. The number of amides is 1. The van der Waals surface area contributed by atoms with Crippen molar-refractivity contribution in [3.8, 4) is 0 Å². The third kappa shape index (κ3) is 3.39. The summed E-state index contributed by atoms with van der Waals surface area (Å²) >= 11 is 0. The van der Waals surface area contributed by atoms with E-state index in [2.05, 4.69) is 5.32 Å². The van der Waals surface area contributed by atoms with Crippen LogP contribution in [0.1, 0.15) is 48.3 Å². The summed E-state index contributed by atoms with van der Waals surface area (Å²) in [5, 5.41) is 3.96. The summed E-state index contributed by atoms with van der Waals surface area (Å²) in [4.78, 5) is 11.3. The largest absolute Gasteiger partial charge is 1.00 e. The predicted molar refractivity (Wildman–Crippen MR) is 58.6 cm³/mol. The maximum atomic E-state index is 11.3. The van der Waals surface area contributed by atoms with E-state index in [1.807, 2.05) is 45.9 Å². The van der Waals surface area contributed by atoms with Crippen LogP contribution in [-0.4, -0.2) is 5.91 Å². The Morgan fingerprint density at radius 3 is 2.47 bits per heavy atom. The van der Waals surface area contributed by atoms with Gasteiger partial charge in [0.05, 0.1) is 5.91 Å². The zero-order valence-corrected chi connectivity index (χ0v) is 13.3. The van der Waals surface area contributed by atoms with Crippen LogP contribution in [-0.2, 0) is 0 Å². The molecule has 1 aromatic rings. The number of carbonyl (C=O) groups is 1. The van der Waals surface area contributed by atoms with Crippen molar-refractivity contribution in [2.24, 2.45) is 0 Å². The number of carbonyl (C=O) groups excluding carboxylic acids is 1. The molecule has 76 valence electrons. The average molecular weight is 229 g/mol. The van der Waals surface area contributed by atoms with Crippen LogP contribution in [0.15, 0.2) is 18.2 Å². The molecule has 1 unspecified atom stereocenters. The molecule has 0 spiro atoms. The van der Waals surface area contributed by atoms with E-state index in [4.69, 9.17) is 0 Å². The van der Waals surface area contributed by atoms with Gasteiger partial charge in [0.1, 0.15) is 0 Å². The van der Waals surface area contributed by atoms with Crippen molar-refractivity contribution >= 4 is 5.91 Å². The van der Waals surface area contributed by atoms with Crippen molar-refractivity contribution in [1.29, 1.82) is 0 Å². The topological polar surface area (TPSA) is 31.2 Å². The Hall–Kier alpha value is 0.326. The van der Waals surface area contributed by atoms with E-state index in [1.165, 1.54) is 0 Å². The van der Waals surface area contributed by atoms with Crippen molar-refractivity contribution in [2.75, 3.05) is 0 Å². The van der Waals surface area contributed by atoms with Crippen molar-refractivity contribution < 1.29 is 56.2 Å². The van der Waals surface area contributed by atoms with Crippen LogP contribution in [0.5, 0.6) is 0 Å². The molecule has 0 radical (unpaired) electrons. The molecule has 0 saturated carbocycles. The van der Waals surface area contributed by atoms with Crippen LogP contribution in [0.2, 0.25) is 0 Å². The fourth-order valence-corrected chi connectivity index (χ4v) is 1.53. The van der Waals surface area contributed by atoms with E-state index in [1.54, 1.807) is 0 Å². The molecule has 1 aromatic carbocycles. The molecule has 1 aliphatic rings. The molecule has 0 N–H and O–H groups in total. The van der Waals surface area contributed by atoms with Crippen LogP contribution < -0.4 is 51.4 Å². The SMILES string of the molecule is CC.Cc1ccc2c(c1)C(=O)[N-]C2C.[K+]. The minimum atomic E-state index is -0.0683. The Balaban J connectivity index is 0.000000617. The van der Waals surface area contributed by atoms with Crippen LogP contribution in [0, 0.1) is 6.92 Å². The molecule has 15 heavy (non-hydrogen) atoms. The smallest absolute Gasteiger partial charge is 0.643 e. The fraction of sp³-hybridized carbons (Fsp3) is 0.417. The number of fused-ring (bicyclic) bond motifs is 1. The third-order valence-corrected chi connectivity index (χ3v) is 2.20. The van der Waals surface area contributed by atoms with Crippen molar-refractivity contribution in [1.82, 2.24) is 0 Å². The molecule has 1 aliphatic heterocycles. The van der Waals surface area contributed by atoms with Gasteiger partial charge in [-0.1, -0.05) is 50.1 Å². The van der Waals surface area contributed by atoms with Crippen molar-refractivity contribution in [3.63, 3.8) is 0 Å². The van der Waals surface area contributed by atoms with Crippen LogP contribution in [0.3, 0.4) is 0 Å². The quantitative estimate of drug-likeness (QED) is 0.600. The number of hydrogen-bond donors (Lipinski definition) is 0. The molecule has 0 fully saturated rings. The van der Waals surface area contributed by atoms with E-state index in [-0.39, 0.29) is 63.3 Å². The number of aryl methyl sites for hydroxylation is 1. The van der Waals surface area contributed by atoms with Crippen LogP contribution >= 0.6 is 0 Å². The van der Waals surface area contributed by atoms with E-state index in [0.717, 1.165) is 16.7 Å². The van der Waals surface area contributed by atoms with Crippen LogP contribution in [0.25, 0.3) is 5.32 Å². The maximum Gasteiger partial charge on any atom is 1.00 e. The molecule has 0 saturated heterocycles. The van der Waals surface area contributed by atoms with Gasteiger partial charge in [0.25, 0.3) is 0 Å². The van der Waals surface area contributed by atoms with Gasteiger partial charge in [-0.05, 0) is 13.0 Å². The van der Waals surface area contributed by atoms with Crippen LogP contribution in [0.4, 0.5) is 0 Å².